The van der Waals surface area contributed by atoms with Crippen molar-refractivity contribution in [1.29, 1.82) is 0 Å². The predicted octanol–water partition coefficient (Wildman–Crippen LogP) is 2.68. The van der Waals surface area contributed by atoms with Crippen LogP contribution >= 0.6 is 0 Å². The molecule has 7 heteroatoms. The van der Waals surface area contributed by atoms with Crippen LogP contribution in [0.4, 0.5) is 0 Å². The van der Waals surface area contributed by atoms with Crippen LogP contribution in [-0.2, 0) is 21.2 Å². The van der Waals surface area contributed by atoms with Gasteiger partial charge in [0.15, 0.2) is 0 Å². The first-order valence-electron chi connectivity index (χ1n) is 10.8. The highest BCUT2D eigenvalue weighted by Gasteiger charge is 2.19. The average Bonchev–Trinajstić information content (AvgIpc) is 3.33. The van der Waals surface area contributed by atoms with Gasteiger partial charge in [-0.25, -0.2) is 8.42 Å². The fraction of sp³-hybridized carbons (Fsp3) is 0.0741. The Morgan fingerprint density at radius 1 is 0.824 bits per heavy atom. The third-order valence-corrected chi connectivity index (χ3v) is 7.47. The van der Waals surface area contributed by atoms with E-state index >= 15 is 0 Å². The Bertz CT molecular complexity index is 1530. The minimum Gasteiger partial charge on any atom is -0.350 e. The van der Waals surface area contributed by atoms with E-state index in [-0.39, 0.29) is 22.2 Å². The van der Waals surface area contributed by atoms with Gasteiger partial charge in [-0.2, -0.15) is 0 Å². The molecule has 0 radical (unpaired) electrons. The van der Waals surface area contributed by atoms with Gasteiger partial charge in [-0.15, -0.1) is 0 Å². The number of amides is 1. The van der Waals surface area contributed by atoms with Gasteiger partial charge in [-0.05, 0) is 53.1 Å². The molecule has 34 heavy (non-hydrogen) atoms. The Labute approximate surface area is 197 Å². The van der Waals surface area contributed by atoms with Crippen molar-refractivity contribution in [2.75, 3.05) is 0 Å². The van der Waals surface area contributed by atoms with Gasteiger partial charge >= 0.3 is 0 Å². The summed E-state index contributed by atoms with van der Waals surface area (Å²) in [5.41, 5.74) is 2.78. The number of rotatable bonds is 6. The van der Waals surface area contributed by atoms with Crippen LogP contribution in [0.5, 0.6) is 0 Å². The second-order valence-electron chi connectivity index (χ2n) is 7.93. The van der Waals surface area contributed by atoms with Crippen molar-refractivity contribution < 1.29 is 13.2 Å². The normalized spacial score (nSPS) is 14.5. The molecular weight excluding hydrogens is 446 g/mol. The van der Waals surface area contributed by atoms with E-state index in [2.05, 4.69) is 15.3 Å². The second kappa shape index (κ2) is 9.03. The summed E-state index contributed by atoms with van der Waals surface area (Å²) in [6.07, 6.45) is 5.10. The molecule has 0 fully saturated rings. The van der Waals surface area contributed by atoms with Gasteiger partial charge < -0.3 is 5.32 Å². The highest BCUT2D eigenvalue weighted by molar-refractivity contribution is 7.91. The topological polar surface area (TPSA) is 88.5 Å². The van der Waals surface area contributed by atoms with E-state index < -0.39 is 15.9 Å². The van der Waals surface area contributed by atoms with E-state index in [0.717, 1.165) is 27.3 Å². The van der Waals surface area contributed by atoms with Crippen molar-refractivity contribution in [2.45, 2.75) is 22.4 Å². The van der Waals surface area contributed by atoms with E-state index in [1.807, 2.05) is 42.5 Å². The molecule has 168 valence electrons. The molecule has 0 saturated heterocycles. The van der Waals surface area contributed by atoms with Gasteiger partial charge in [-0.3, -0.25) is 14.8 Å². The van der Waals surface area contributed by atoms with E-state index in [4.69, 9.17) is 0 Å². The van der Waals surface area contributed by atoms with Crippen LogP contribution in [0.1, 0.15) is 5.56 Å². The first-order valence-corrected chi connectivity index (χ1v) is 12.3. The number of aromatic nitrogens is 1. The van der Waals surface area contributed by atoms with Gasteiger partial charge in [0.05, 0.1) is 15.1 Å². The van der Waals surface area contributed by atoms with Crippen molar-refractivity contribution in [3.05, 3.63) is 113 Å². The number of hydrogen-bond acceptors (Lipinski definition) is 5. The summed E-state index contributed by atoms with van der Waals surface area (Å²) in [4.78, 5) is 21.3. The lowest BCUT2D eigenvalue weighted by atomic mass is 10.1. The van der Waals surface area contributed by atoms with E-state index in [9.17, 15) is 13.2 Å². The average molecular weight is 468 g/mol. The SMILES string of the molecule is O=C(NCc1ccc(S(=O)(=O)c2ccc(-c3ccccc3)cc2)cc1)C1C=c2cnccc2=N1. The Morgan fingerprint density at radius 3 is 2.15 bits per heavy atom. The number of hydrogen-bond donors (Lipinski definition) is 1. The van der Waals surface area contributed by atoms with Crippen LogP contribution < -0.4 is 15.9 Å². The van der Waals surface area contributed by atoms with Gasteiger partial charge in [0.25, 0.3) is 0 Å². The zero-order valence-electron chi connectivity index (χ0n) is 18.1. The first-order chi connectivity index (χ1) is 16.5. The molecule has 2 heterocycles. The molecule has 1 aliphatic rings. The lowest BCUT2D eigenvalue weighted by Gasteiger charge is -2.09. The summed E-state index contributed by atoms with van der Waals surface area (Å²) in [5, 5.41) is 4.45. The van der Waals surface area contributed by atoms with Crippen LogP contribution in [0.2, 0.25) is 0 Å². The molecule has 1 unspecified atom stereocenters. The minimum absolute atomic E-state index is 0.206. The van der Waals surface area contributed by atoms with Crippen molar-refractivity contribution >= 4 is 21.8 Å². The van der Waals surface area contributed by atoms with Crippen LogP contribution in [0.25, 0.3) is 17.2 Å². The maximum Gasteiger partial charge on any atom is 0.249 e. The molecule has 1 atom stereocenters. The lowest BCUT2D eigenvalue weighted by Crippen LogP contribution is -2.31. The summed E-state index contributed by atoms with van der Waals surface area (Å²) in [6.45, 7) is 0.277. The summed E-state index contributed by atoms with van der Waals surface area (Å²) < 4.78 is 26.1. The Kier molecular flexibility index (Phi) is 5.77. The largest absolute Gasteiger partial charge is 0.350 e. The van der Waals surface area contributed by atoms with Crippen molar-refractivity contribution in [2.24, 2.45) is 4.99 Å². The molecule has 5 rings (SSSR count). The fourth-order valence-electron chi connectivity index (χ4n) is 3.81. The summed E-state index contributed by atoms with van der Waals surface area (Å²) >= 11 is 0. The molecule has 6 nitrogen and oxygen atoms in total. The number of fused-ring (bicyclic) bond motifs is 1. The smallest absolute Gasteiger partial charge is 0.249 e. The Balaban J connectivity index is 1.25. The second-order valence-corrected chi connectivity index (χ2v) is 9.88. The van der Waals surface area contributed by atoms with E-state index in [1.165, 1.54) is 0 Å². The molecular formula is C27H21N3O3S. The maximum atomic E-state index is 13.0. The highest BCUT2D eigenvalue weighted by atomic mass is 32.2. The number of carbonyl (C=O) groups is 1. The molecule has 1 aromatic heterocycles. The van der Waals surface area contributed by atoms with Crippen LogP contribution in [0.3, 0.4) is 0 Å². The third kappa shape index (κ3) is 4.38. The fourth-order valence-corrected chi connectivity index (χ4v) is 5.07. The number of pyridine rings is 1. The predicted molar refractivity (Wildman–Crippen MR) is 129 cm³/mol. The summed E-state index contributed by atoms with van der Waals surface area (Å²) in [5.74, 6) is -0.216. The number of carbonyl (C=O) groups excluding carboxylic acids is 1. The molecule has 0 bridgehead atoms. The number of sulfone groups is 1. The zero-order chi connectivity index (χ0) is 23.5. The number of benzene rings is 3. The summed E-state index contributed by atoms with van der Waals surface area (Å²) in [7, 11) is -3.64. The van der Waals surface area contributed by atoms with Crippen molar-refractivity contribution in [3.8, 4) is 11.1 Å². The molecule has 3 aromatic carbocycles. The molecule has 0 spiro atoms. The van der Waals surface area contributed by atoms with Gasteiger partial charge in [0, 0.05) is 24.2 Å². The molecule has 0 saturated carbocycles. The Hall–Kier alpha value is -4.10. The monoisotopic (exact) mass is 467 g/mol. The molecule has 4 aromatic rings. The van der Waals surface area contributed by atoms with Crippen LogP contribution in [0, 0.1) is 0 Å². The summed E-state index contributed by atoms with van der Waals surface area (Å²) in [6, 6.07) is 24.4. The van der Waals surface area contributed by atoms with Gasteiger partial charge in [-0.1, -0.05) is 54.6 Å². The quantitative estimate of drug-likeness (QED) is 0.472. The number of nitrogens with one attached hydrogen (secondary N) is 1. The highest BCUT2D eigenvalue weighted by Crippen LogP contribution is 2.25. The molecule has 1 aliphatic heterocycles. The first kappa shape index (κ1) is 21.7. The van der Waals surface area contributed by atoms with Crippen molar-refractivity contribution in [3.63, 3.8) is 0 Å². The maximum absolute atomic E-state index is 13.0. The minimum atomic E-state index is -3.64. The Morgan fingerprint density at radius 2 is 1.47 bits per heavy atom. The lowest BCUT2D eigenvalue weighted by molar-refractivity contribution is -0.121. The van der Waals surface area contributed by atoms with E-state index in [1.54, 1.807) is 60.9 Å². The molecule has 0 aliphatic carbocycles. The van der Waals surface area contributed by atoms with Crippen LogP contribution in [0.15, 0.2) is 112 Å². The van der Waals surface area contributed by atoms with Gasteiger partial charge in [0.1, 0.15) is 6.04 Å². The zero-order valence-corrected chi connectivity index (χ0v) is 18.9. The van der Waals surface area contributed by atoms with Crippen molar-refractivity contribution in [1.82, 2.24) is 10.3 Å². The molecule has 1 N–H and O–H groups in total. The van der Waals surface area contributed by atoms with E-state index in [0.29, 0.717) is 0 Å². The van der Waals surface area contributed by atoms with Gasteiger partial charge in [0.2, 0.25) is 15.7 Å². The third-order valence-electron chi connectivity index (χ3n) is 5.68. The van der Waals surface area contributed by atoms with Crippen LogP contribution in [-0.4, -0.2) is 25.4 Å². The molecule has 1 amide bonds. The number of nitrogens with zero attached hydrogens (tertiary/aromatic N) is 2. The standard InChI is InChI=1S/C27H21N3O3S/c31-27(26-16-22-18-28-15-14-25(22)30-26)29-17-19-6-10-23(11-7-19)34(32,33)24-12-8-21(9-13-24)20-4-2-1-3-5-20/h1-16,18,26H,17H2,(H,29,31).